The van der Waals surface area contributed by atoms with Gasteiger partial charge in [-0.15, -0.1) is 0 Å². The fourth-order valence-electron chi connectivity index (χ4n) is 2.17. The van der Waals surface area contributed by atoms with Crippen LogP contribution in [0, 0.1) is 0 Å². The molecule has 0 unspecified atom stereocenters. The maximum absolute atomic E-state index is 5.57. The molecule has 0 atom stereocenters. The molecule has 5 radical (unpaired) electrons. The molecule has 0 heterocycles. The highest BCUT2D eigenvalue weighted by Gasteiger charge is 1.86. The minimum Gasteiger partial charge on any atom is -0.269 e. The summed E-state index contributed by atoms with van der Waals surface area (Å²) < 4.78 is 0. The summed E-state index contributed by atoms with van der Waals surface area (Å²) in [5, 5.41) is 3.67. The molecule has 5 rings (SSSR count). The van der Waals surface area contributed by atoms with Gasteiger partial charge >= 0.3 is 0 Å². The first-order valence-corrected chi connectivity index (χ1v) is 15.0. The lowest BCUT2D eigenvalue weighted by Gasteiger charge is -1.86. The predicted octanol–water partition coefficient (Wildman–Crippen LogP) is 15.2. The van der Waals surface area contributed by atoms with Crippen molar-refractivity contribution in [1.82, 2.24) is 0 Å². The Labute approximate surface area is 313 Å². The first kappa shape index (κ1) is 52.8. The maximum Gasteiger partial charge on any atom is 0.0406 e. The minimum atomic E-state index is 0. The standard InChI is InChI=1S/5C6H4ClS.5FH/c5*7-5-1-3-6(8)4-2-5;;;;;/h5*1-4H;5*1H. The first-order valence-electron chi connectivity index (χ1n) is 11.1. The molecule has 0 aliphatic carbocycles. The lowest BCUT2D eigenvalue weighted by molar-refractivity contribution is 1.11. The molecule has 0 N–H and O–H groups in total. The highest BCUT2D eigenvalue weighted by Crippen LogP contribution is 2.14. The predicted molar refractivity (Wildman–Crippen MR) is 199 cm³/mol. The smallest absolute Gasteiger partial charge is 0.0406 e. The van der Waals surface area contributed by atoms with Crippen LogP contribution in [0.15, 0.2) is 146 Å². The van der Waals surface area contributed by atoms with Crippen molar-refractivity contribution in [2.75, 3.05) is 0 Å². The molecule has 0 aliphatic rings. The highest BCUT2D eigenvalue weighted by molar-refractivity contribution is 7.81. The molecule has 245 valence electrons. The molecule has 0 bridgehead atoms. The van der Waals surface area contributed by atoms with Gasteiger partial charge in [-0.1, -0.05) is 121 Å². The lowest BCUT2D eigenvalue weighted by atomic mass is 10.4. The molecule has 0 saturated carbocycles. The van der Waals surface area contributed by atoms with Crippen molar-refractivity contribution in [3.63, 3.8) is 0 Å². The SMILES string of the molecule is F.F.F.F.F.[S]c1ccc(Cl)cc1.[S]c1ccc(Cl)cc1.[S]c1ccc(Cl)cc1.[S]c1ccc(Cl)cc1.[S]c1ccc(Cl)cc1. The fourth-order valence-corrected chi connectivity index (χ4v) is 3.48. The van der Waals surface area contributed by atoms with E-state index in [0.29, 0.717) is 0 Å². The van der Waals surface area contributed by atoms with Gasteiger partial charge in [-0.25, -0.2) is 0 Å². The van der Waals surface area contributed by atoms with Crippen LogP contribution < -0.4 is 0 Å². The third-order valence-corrected chi connectivity index (χ3v) is 6.69. The van der Waals surface area contributed by atoms with Gasteiger partial charge in [-0.05, 0) is 121 Å². The van der Waals surface area contributed by atoms with E-state index in [1.807, 2.05) is 0 Å². The largest absolute Gasteiger partial charge is 0.269 e. The number of hydrogen-bond donors (Lipinski definition) is 0. The Hall–Kier alpha value is -1.70. The van der Waals surface area contributed by atoms with Crippen molar-refractivity contribution in [2.24, 2.45) is 0 Å². The van der Waals surface area contributed by atoms with Crippen LogP contribution in [0.25, 0.3) is 0 Å². The van der Waals surface area contributed by atoms with Gasteiger partial charge in [0.1, 0.15) is 0 Å². The molecule has 0 aromatic heterocycles. The third kappa shape index (κ3) is 29.4. The minimum absolute atomic E-state index is 0. The van der Waals surface area contributed by atoms with Crippen LogP contribution in [0.1, 0.15) is 0 Å². The van der Waals surface area contributed by atoms with Crippen molar-refractivity contribution in [1.29, 1.82) is 0 Å². The van der Waals surface area contributed by atoms with E-state index in [2.05, 4.69) is 0 Å². The van der Waals surface area contributed by atoms with Crippen LogP contribution in [-0.2, 0) is 0 Å². The second kappa shape index (κ2) is 30.9. The Morgan fingerprint density at radius 1 is 0.222 bits per heavy atom. The molecule has 0 nitrogen and oxygen atoms in total. The van der Waals surface area contributed by atoms with Crippen LogP contribution in [0.4, 0.5) is 23.5 Å². The van der Waals surface area contributed by atoms with E-state index >= 15 is 0 Å². The normalized spacial score (nSPS) is 8.11. The number of halogens is 10. The molecule has 0 saturated heterocycles. The average molecular weight is 818 g/mol. The summed E-state index contributed by atoms with van der Waals surface area (Å²) in [6.45, 7) is 0. The van der Waals surface area contributed by atoms with E-state index in [-0.39, 0.29) is 23.5 Å². The number of rotatable bonds is 0. The highest BCUT2D eigenvalue weighted by atomic mass is 35.5. The van der Waals surface area contributed by atoms with Crippen LogP contribution in [-0.4, -0.2) is 0 Å². The van der Waals surface area contributed by atoms with Crippen molar-refractivity contribution < 1.29 is 23.5 Å². The Morgan fingerprint density at radius 3 is 0.378 bits per heavy atom. The second-order valence-electron chi connectivity index (χ2n) is 7.27. The maximum atomic E-state index is 5.57. The van der Waals surface area contributed by atoms with Crippen molar-refractivity contribution in [3.8, 4) is 0 Å². The zero-order valence-corrected chi connectivity index (χ0v) is 30.4. The Bertz CT molecular complexity index is 1010. The summed E-state index contributed by atoms with van der Waals surface area (Å²) in [6, 6.07) is 35.8. The van der Waals surface area contributed by atoms with Gasteiger partial charge in [0, 0.05) is 49.6 Å². The van der Waals surface area contributed by atoms with Crippen LogP contribution in [0.2, 0.25) is 25.1 Å². The zero-order valence-electron chi connectivity index (χ0n) is 22.5. The van der Waals surface area contributed by atoms with E-state index in [0.717, 1.165) is 49.6 Å². The molecular formula is C30H25Cl5F5S5. The van der Waals surface area contributed by atoms with Crippen molar-refractivity contribution in [3.05, 3.63) is 146 Å². The molecule has 0 amide bonds. The van der Waals surface area contributed by atoms with Crippen LogP contribution in [0.5, 0.6) is 0 Å². The van der Waals surface area contributed by atoms with E-state index in [1.165, 1.54) is 0 Å². The van der Waals surface area contributed by atoms with Gasteiger partial charge in [0.05, 0.1) is 0 Å². The summed E-state index contributed by atoms with van der Waals surface area (Å²) in [6.07, 6.45) is 0. The average Bonchev–Trinajstić information content (AvgIpc) is 2.94. The molecular weight excluding hydrogens is 793 g/mol. The fraction of sp³-hybridized carbons (Fsp3) is 0. The summed E-state index contributed by atoms with van der Waals surface area (Å²) in [4.78, 5) is 4.14. The zero-order chi connectivity index (χ0) is 29.9. The molecule has 0 fully saturated rings. The quantitative estimate of drug-likeness (QED) is 0.137. The molecule has 0 spiro atoms. The molecule has 0 aliphatic heterocycles. The summed E-state index contributed by atoms with van der Waals surface area (Å²) in [5.74, 6) is 0. The van der Waals surface area contributed by atoms with Crippen LogP contribution in [0.3, 0.4) is 0 Å². The van der Waals surface area contributed by atoms with E-state index in [9.17, 15) is 0 Å². The van der Waals surface area contributed by atoms with Crippen LogP contribution >= 0.6 is 121 Å². The van der Waals surface area contributed by atoms with Gasteiger partial charge in [-0.2, -0.15) is 0 Å². The van der Waals surface area contributed by atoms with Crippen molar-refractivity contribution >= 4 is 121 Å². The van der Waals surface area contributed by atoms with E-state index in [1.54, 1.807) is 121 Å². The molecule has 15 heteroatoms. The van der Waals surface area contributed by atoms with Gasteiger partial charge in [0.15, 0.2) is 0 Å². The summed E-state index contributed by atoms with van der Waals surface area (Å²) in [5.41, 5.74) is 0. The van der Waals surface area contributed by atoms with E-state index in [4.69, 9.17) is 121 Å². The third-order valence-electron chi connectivity index (χ3n) is 4.07. The van der Waals surface area contributed by atoms with Gasteiger partial charge in [0.2, 0.25) is 0 Å². The second-order valence-corrected chi connectivity index (χ2v) is 11.8. The van der Waals surface area contributed by atoms with Gasteiger partial charge in [0.25, 0.3) is 0 Å². The van der Waals surface area contributed by atoms with Gasteiger partial charge in [-0.3, -0.25) is 23.5 Å². The number of hydrogen-bond acceptors (Lipinski definition) is 0. The Balaban J connectivity index is -0.000000144. The Kier molecular flexibility index (Phi) is 36.3. The van der Waals surface area contributed by atoms with Crippen molar-refractivity contribution in [2.45, 2.75) is 24.5 Å². The molecule has 5 aromatic rings. The topological polar surface area (TPSA) is 0 Å². The Morgan fingerprint density at radius 2 is 0.311 bits per heavy atom. The van der Waals surface area contributed by atoms with E-state index < -0.39 is 0 Å². The monoisotopic (exact) mass is 815 g/mol. The lowest BCUT2D eigenvalue weighted by Crippen LogP contribution is -1.61. The summed E-state index contributed by atoms with van der Waals surface area (Å²) >= 11 is 51.9. The van der Waals surface area contributed by atoms with Gasteiger partial charge < -0.3 is 0 Å². The first-order chi connectivity index (χ1) is 18.9. The molecule has 5 aromatic carbocycles. The summed E-state index contributed by atoms with van der Waals surface area (Å²) in [7, 11) is 0. The number of benzene rings is 5. The molecule has 45 heavy (non-hydrogen) atoms.